The van der Waals surface area contributed by atoms with Crippen LogP contribution in [0.4, 0.5) is 0 Å². The van der Waals surface area contributed by atoms with Crippen LogP contribution in [-0.2, 0) is 0 Å². The Morgan fingerprint density at radius 3 is 2.25 bits per heavy atom. The van der Waals surface area contributed by atoms with E-state index in [-0.39, 0.29) is 0 Å². The molecule has 1 heteroatoms. The molecule has 4 bridgehead atoms. The number of rotatable bonds is 4. The van der Waals surface area contributed by atoms with E-state index in [0.717, 1.165) is 35.8 Å². The van der Waals surface area contributed by atoms with Gasteiger partial charge < -0.3 is 0 Å². The highest BCUT2D eigenvalue weighted by Gasteiger charge is 2.51. The van der Waals surface area contributed by atoms with Crippen molar-refractivity contribution in [2.45, 2.75) is 70.3 Å². The van der Waals surface area contributed by atoms with Crippen LogP contribution in [0.25, 0.3) is 0 Å². The SMILES string of the molecule is C=CCN1CCCCC1CC12CC3CC(CC(C3)C1)C2. The van der Waals surface area contributed by atoms with Crippen molar-refractivity contribution >= 4 is 0 Å². The van der Waals surface area contributed by atoms with E-state index in [1.54, 1.807) is 38.5 Å². The van der Waals surface area contributed by atoms with Crippen molar-refractivity contribution in [3.63, 3.8) is 0 Å². The Bertz CT molecular complexity index is 337. The fourth-order valence-electron chi connectivity index (χ4n) is 6.74. The first-order valence-corrected chi connectivity index (χ1v) is 9.11. The monoisotopic (exact) mass is 273 g/mol. The van der Waals surface area contributed by atoms with E-state index in [1.807, 2.05) is 0 Å². The van der Waals surface area contributed by atoms with Crippen molar-refractivity contribution in [2.75, 3.05) is 13.1 Å². The lowest BCUT2D eigenvalue weighted by molar-refractivity contribution is -0.0721. The van der Waals surface area contributed by atoms with Gasteiger partial charge in [0.15, 0.2) is 0 Å². The van der Waals surface area contributed by atoms with Gasteiger partial charge in [0.1, 0.15) is 0 Å². The molecule has 5 aliphatic rings. The Hall–Kier alpha value is -0.300. The van der Waals surface area contributed by atoms with E-state index in [2.05, 4.69) is 17.6 Å². The van der Waals surface area contributed by atoms with Gasteiger partial charge >= 0.3 is 0 Å². The normalized spacial score (nSPS) is 47.6. The Labute approximate surface area is 124 Å². The highest BCUT2D eigenvalue weighted by Crippen LogP contribution is 2.62. The third-order valence-corrected chi connectivity index (χ3v) is 6.95. The summed E-state index contributed by atoms with van der Waals surface area (Å²) >= 11 is 0. The summed E-state index contributed by atoms with van der Waals surface area (Å²) in [4.78, 5) is 2.75. The molecule has 4 aliphatic carbocycles. The van der Waals surface area contributed by atoms with Crippen LogP contribution in [0.1, 0.15) is 64.2 Å². The third-order valence-electron chi connectivity index (χ3n) is 6.95. The molecular weight excluding hydrogens is 242 g/mol. The smallest absolute Gasteiger partial charge is 0.0163 e. The molecule has 20 heavy (non-hydrogen) atoms. The zero-order valence-corrected chi connectivity index (χ0v) is 13.0. The highest BCUT2D eigenvalue weighted by molar-refractivity contribution is 5.03. The lowest BCUT2D eigenvalue weighted by Gasteiger charge is -2.58. The molecule has 0 radical (unpaired) electrons. The van der Waals surface area contributed by atoms with E-state index in [9.17, 15) is 0 Å². The minimum Gasteiger partial charge on any atom is -0.297 e. The number of hydrogen-bond donors (Lipinski definition) is 0. The molecule has 112 valence electrons. The lowest BCUT2D eigenvalue weighted by Crippen LogP contribution is -2.50. The summed E-state index contributed by atoms with van der Waals surface area (Å²) in [6, 6.07) is 0.873. The van der Waals surface area contributed by atoms with Gasteiger partial charge in [-0.15, -0.1) is 6.58 Å². The maximum Gasteiger partial charge on any atom is 0.0163 e. The van der Waals surface area contributed by atoms with Crippen molar-refractivity contribution < 1.29 is 0 Å². The molecular formula is C19H31N. The van der Waals surface area contributed by atoms with Crippen molar-refractivity contribution in [3.8, 4) is 0 Å². The molecule has 0 amide bonds. The van der Waals surface area contributed by atoms with Crippen LogP contribution in [0, 0.1) is 23.2 Å². The number of hydrogen-bond acceptors (Lipinski definition) is 1. The summed E-state index contributed by atoms with van der Waals surface area (Å²) < 4.78 is 0. The minimum atomic E-state index is 0.760. The first kappa shape index (κ1) is 13.4. The zero-order chi connectivity index (χ0) is 13.6. The lowest BCUT2D eigenvalue weighted by atomic mass is 9.48. The van der Waals surface area contributed by atoms with Gasteiger partial charge in [-0.25, -0.2) is 0 Å². The molecule has 0 spiro atoms. The molecule has 0 aromatic rings. The van der Waals surface area contributed by atoms with Crippen molar-refractivity contribution in [1.29, 1.82) is 0 Å². The van der Waals surface area contributed by atoms with Crippen LogP contribution in [0.2, 0.25) is 0 Å². The maximum atomic E-state index is 3.97. The topological polar surface area (TPSA) is 3.24 Å². The van der Waals surface area contributed by atoms with Crippen molar-refractivity contribution in [3.05, 3.63) is 12.7 Å². The predicted molar refractivity (Wildman–Crippen MR) is 84.6 cm³/mol. The summed E-state index contributed by atoms with van der Waals surface area (Å²) in [5.41, 5.74) is 0.760. The average molecular weight is 273 g/mol. The first-order valence-electron chi connectivity index (χ1n) is 9.11. The molecule has 5 fully saturated rings. The van der Waals surface area contributed by atoms with E-state index >= 15 is 0 Å². The summed E-state index contributed by atoms with van der Waals surface area (Å²) in [7, 11) is 0. The molecule has 1 saturated heterocycles. The Morgan fingerprint density at radius 1 is 1.00 bits per heavy atom. The van der Waals surface area contributed by atoms with Crippen LogP contribution in [0.3, 0.4) is 0 Å². The van der Waals surface area contributed by atoms with Crippen molar-refractivity contribution in [2.24, 2.45) is 23.2 Å². The average Bonchev–Trinajstić information content (AvgIpc) is 2.39. The zero-order valence-electron chi connectivity index (χ0n) is 13.0. The first-order chi connectivity index (χ1) is 9.76. The summed E-state index contributed by atoms with van der Waals surface area (Å²) in [6.45, 7) is 6.42. The molecule has 1 heterocycles. The van der Waals surface area contributed by atoms with Gasteiger partial charge in [0.05, 0.1) is 0 Å². The maximum absolute atomic E-state index is 3.97. The number of likely N-dealkylation sites (tertiary alicyclic amines) is 1. The predicted octanol–water partition coefficient (Wildman–Crippen LogP) is 4.63. The Balaban J connectivity index is 1.48. The molecule has 0 aromatic carbocycles. The molecule has 0 N–H and O–H groups in total. The third kappa shape index (κ3) is 2.36. The van der Waals surface area contributed by atoms with Crippen molar-refractivity contribution in [1.82, 2.24) is 4.90 Å². The second-order valence-corrected chi connectivity index (χ2v) is 8.55. The molecule has 1 atom stereocenters. The van der Waals surface area contributed by atoms with Gasteiger partial charge in [-0.3, -0.25) is 4.90 Å². The summed E-state index contributed by atoms with van der Waals surface area (Å²) in [5.74, 6) is 3.33. The molecule has 4 saturated carbocycles. The van der Waals surface area contributed by atoms with Gasteiger partial charge in [-0.05, 0) is 87.5 Å². The standard InChI is InChI=1S/C19H31N/c1-2-6-20-7-4-3-5-18(20)14-19-11-15-8-16(12-19)10-17(9-15)13-19/h2,15-18H,1,3-14H2. The van der Waals surface area contributed by atoms with Gasteiger partial charge in [0.2, 0.25) is 0 Å². The van der Waals surface area contributed by atoms with E-state index in [1.165, 1.54) is 32.2 Å². The van der Waals surface area contributed by atoms with Gasteiger partial charge in [-0.2, -0.15) is 0 Å². The second-order valence-electron chi connectivity index (χ2n) is 8.55. The number of piperidine rings is 1. The number of nitrogens with zero attached hydrogens (tertiary/aromatic N) is 1. The largest absolute Gasteiger partial charge is 0.297 e. The van der Waals surface area contributed by atoms with E-state index in [0.29, 0.717) is 0 Å². The minimum absolute atomic E-state index is 0.760. The van der Waals surface area contributed by atoms with Gasteiger partial charge in [0, 0.05) is 12.6 Å². The Kier molecular flexibility index (Phi) is 3.45. The molecule has 0 aromatic heterocycles. The van der Waals surface area contributed by atoms with Crippen LogP contribution in [-0.4, -0.2) is 24.0 Å². The van der Waals surface area contributed by atoms with Gasteiger partial charge in [0.25, 0.3) is 0 Å². The quantitative estimate of drug-likeness (QED) is 0.675. The molecule has 5 rings (SSSR count). The van der Waals surface area contributed by atoms with Crippen LogP contribution in [0.5, 0.6) is 0 Å². The summed E-state index contributed by atoms with van der Waals surface area (Å²) in [5, 5.41) is 0. The van der Waals surface area contributed by atoms with E-state index in [4.69, 9.17) is 0 Å². The fraction of sp³-hybridized carbons (Fsp3) is 0.895. The second kappa shape index (κ2) is 5.16. The molecule has 1 unspecified atom stereocenters. The van der Waals surface area contributed by atoms with Gasteiger partial charge in [-0.1, -0.05) is 12.5 Å². The molecule has 1 nitrogen and oxygen atoms in total. The molecule has 1 aliphatic heterocycles. The highest BCUT2D eigenvalue weighted by atomic mass is 15.2. The van der Waals surface area contributed by atoms with E-state index < -0.39 is 0 Å². The van der Waals surface area contributed by atoms with Crippen LogP contribution < -0.4 is 0 Å². The fourth-order valence-corrected chi connectivity index (χ4v) is 6.74. The Morgan fingerprint density at radius 2 is 1.65 bits per heavy atom. The summed E-state index contributed by atoms with van der Waals surface area (Å²) in [6.07, 6.45) is 17.5. The van der Waals surface area contributed by atoms with Crippen LogP contribution in [0.15, 0.2) is 12.7 Å². The van der Waals surface area contributed by atoms with Crippen LogP contribution >= 0.6 is 0 Å².